The summed E-state index contributed by atoms with van der Waals surface area (Å²) in [5.41, 5.74) is 8.70. The summed E-state index contributed by atoms with van der Waals surface area (Å²) in [5.74, 6) is -2.42. The Kier molecular flexibility index (Phi) is 8.70. The van der Waals surface area contributed by atoms with Crippen LogP contribution >= 0.6 is 0 Å². The van der Waals surface area contributed by atoms with E-state index in [4.69, 9.17) is 11.5 Å². The Bertz CT molecular complexity index is 1110. The molecule has 2 aliphatic carbocycles. The second kappa shape index (κ2) is 11.6. The average molecular weight is 560 g/mol. The quantitative estimate of drug-likeness (QED) is 0.325. The molecule has 0 aromatic carbocycles. The molecule has 1 saturated heterocycles. The molecule has 0 spiro atoms. The fourth-order valence-corrected chi connectivity index (χ4v) is 6.94. The molecule has 3 atom stereocenters. The van der Waals surface area contributed by atoms with Crippen molar-refractivity contribution in [3.05, 3.63) is 11.9 Å². The molecule has 1 unspecified atom stereocenters. The van der Waals surface area contributed by atoms with Gasteiger partial charge in [0.1, 0.15) is 17.2 Å². The van der Waals surface area contributed by atoms with Gasteiger partial charge in [0.05, 0.1) is 23.5 Å². The first-order chi connectivity index (χ1) is 18.7. The van der Waals surface area contributed by atoms with Crippen LogP contribution in [0.4, 0.5) is 0 Å². The second-order valence-electron chi connectivity index (χ2n) is 12.9. The Morgan fingerprint density at radius 2 is 1.70 bits per heavy atom. The normalized spacial score (nSPS) is 25.3. The van der Waals surface area contributed by atoms with E-state index < -0.39 is 46.4 Å². The first-order valence-corrected chi connectivity index (χ1v) is 14.6. The summed E-state index contributed by atoms with van der Waals surface area (Å²) in [6, 6.07) is -1.41. The second-order valence-corrected chi connectivity index (χ2v) is 12.9. The predicted octanol–water partition coefficient (Wildman–Crippen LogP) is 1.21. The molecule has 1 aromatic heterocycles. The molecule has 3 aliphatic rings. The van der Waals surface area contributed by atoms with Gasteiger partial charge in [0, 0.05) is 13.0 Å². The summed E-state index contributed by atoms with van der Waals surface area (Å²) in [6.07, 6.45) is 10.5. The van der Waals surface area contributed by atoms with E-state index in [1.807, 2.05) is 0 Å². The van der Waals surface area contributed by atoms with Crippen molar-refractivity contribution < 1.29 is 24.3 Å². The summed E-state index contributed by atoms with van der Waals surface area (Å²) in [6.45, 7) is 5.10. The molecule has 3 amide bonds. The van der Waals surface area contributed by atoms with Crippen LogP contribution in [0.15, 0.2) is 6.20 Å². The van der Waals surface area contributed by atoms with Crippen molar-refractivity contribution in [2.45, 2.75) is 127 Å². The van der Waals surface area contributed by atoms with Gasteiger partial charge in [-0.15, -0.1) is 5.10 Å². The van der Waals surface area contributed by atoms with E-state index in [0.29, 0.717) is 43.7 Å². The number of carbonyl (C=O) groups is 4. The van der Waals surface area contributed by atoms with E-state index >= 15 is 0 Å². The summed E-state index contributed by atoms with van der Waals surface area (Å²) in [7, 11) is 0. The highest BCUT2D eigenvalue weighted by Crippen LogP contribution is 2.36. The van der Waals surface area contributed by atoms with Gasteiger partial charge >= 0.3 is 0 Å². The largest absolute Gasteiger partial charge is 0.384 e. The maximum absolute atomic E-state index is 14.1. The highest BCUT2D eigenvalue weighted by molar-refractivity contribution is 6.39. The first kappa shape index (κ1) is 30.1. The van der Waals surface area contributed by atoms with Crippen molar-refractivity contribution >= 4 is 23.5 Å². The van der Waals surface area contributed by atoms with Gasteiger partial charge in [-0.25, -0.2) is 4.68 Å². The molecule has 1 aromatic rings. The molecular weight excluding hydrogens is 514 g/mol. The highest BCUT2D eigenvalue weighted by Gasteiger charge is 2.50. The number of Topliss-reactive ketones (excluding diaryl/α,β-unsaturated/α-hetero) is 1. The maximum Gasteiger partial charge on any atom is 0.287 e. The van der Waals surface area contributed by atoms with Gasteiger partial charge in [-0.2, -0.15) is 0 Å². The zero-order chi connectivity index (χ0) is 29.3. The minimum atomic E-state index is -1.38. The van der Waals surface area contributed by atoms with Crippen molar-refractivity contribution in [3.63, 3.8) is 0 Å². The number of ketones is 1. The van der Waals surface area contributed by atoms with Gasteiger partial charge in [-0.05, 0) is 46.0 Å². The molecule has 2 heterocycles. The van der Waals surface area contributed by atoms with E-state index in [-0.39, 0.29) is 18.9 Å². The SMILES string of the molecule is CC(N)(CC1CCCCC1)C(=O)N1C[C@@H](n2nncc2C(C)(C)O)C[C@H]1C(=O)NC1(C(=O)C(N)=O)CCCCC1. The van der Waals surface area contributed by atoms with Crippen molar-refractivity contribution in [1.29, 1.82) is 0 Å². The van der Waals surface area contributed by atoms with Gasteiger partial charge in [0.25, 0.3) is 5.91 Å². The summed E-state index contributed by atoms with van der Waals surface area (Å²) in [4.78, 5) is 54.3. The van der Waals surface area contributed by atoms with E-state index in [1.54, 1.807) is 25.5 Å². The number of amides is 3. The first-order valence-electron chi connectivity index (χ1n) is 14.6. The average Bonchev–Trinajstić information content (AvgIpc) is 3.56. The molecule has 2 saturated carbocycles. The Morgan fingerprint density at radius 3 is 2.30 bits per heavy atom. The van der Waals surface area contributed by atoms with Crippen LogP contribution in [0, 0.1) is 5.92 Å². The molecule has 1 aliphatic heterocycles. The number of likely N-dealkylation sites (tertiary alicyclic amines) is 1. The molecule has 4 rings (SSSR count). The number of carbonyl (C=O) groups excluding carboxylic acids is 4. The molecule has 0 radical (unpaired) electrons. The van der Waals surface area contributed by atoms with Crippen LogP contribution < -0.4 is 16.8 Å². The molecule has 3 fully saturated rings. The fourth-order valence-electron chi connectivity index (χ4n) is 6.94. The lowest BCUT2D eigenvalue weighted by molar-refractivity contribution is -0.146. The Hall–Kier alpha value is -2.86. The topological polar surface area (TPSA) is 187 Å². The van der Waals surface area contributed by atoms with Crippen LogP contribution in [0.25, 0.3) is 0 Å². The fraction of sp³-hybridized carbons (Fsp3) is 0.786. The molecule has 12 nitrogen and oxygen atoms in total. The smallest absolute Gasteiger partial charge is 0.287 e. The number of nitrogens with one attached hydrogen (secondary N) is 1. The van der Waals surface area contributed by atoms with Gasteiger partial charge in [-0.3, -0.25) is 19.2 Å². The van der Waals surface area contributed by atoms with Gasteiger partial charge < -0.3 is 26.8 Å². The molecular formula is C28H45N7O5. The van der Waals surface area contributed by atoms with Gasteiger partial charge in [-0.1, -0.05) is 56.6 Å². The van der Waals surface area contributed by atoms with Crippen molar-refractivity contribution in [2.75, 3.05) is 6.54 Å². The third-order valence-corrected chi connectivity index (χ3v) is 9.04. The Morgan fingerprint density at radius 1 is 1.07 bits per heavy atom. The number of hydrogen-bond donors (Lipinski definition) is 4. The van der Waals surface area contributed by atoms with Crippen LogP contribution in [-0.4, -0.2) is 72.2 Å². The van der Waals surface area contributed by atoms with Crippen LogP contribution in [-0.2, 0) is 24.8 Å². The Labute approximate surface area is 235 Å². The van der Waals surface area contributed by atoms with E-state index in [2.05, 4.69) is 15.6 Å². The van der Waals surface area contributed by atoms with E-state index in [0.717, 1.165) is 32.1 Å². The lowest BCUT2D eigenvalue weighted by atomic mass is 9.78. The molecule has 222 valence electrons. The van der Waals surface area contributed by atoms with Gasteiger partial charge in [0.15, 0.2) is 0 Å². The lowest BCUT2D eigenvalue weighted by Crippen LogP contribution is -2.63. The molecule has 0 bridgehead atoms. The number of rotatable bonds is 9. The summed E-state index contributed by atoms with van der Waals surface area (Å²) in [5, 5.41) is 21.7. The van der Waals surface area contributed by atoms with Crippen molar-refractivity contribution in [2.24, 2.45) is 17.4 Å². The zero-order valence-corrected chi connectivity index (χ0v) is 24.0. The standard InChI is InChI=1S/C28H45N7O5/c1-26(2,40)21-16-31-33-35(21)19-14-20(24(38)32-28(22(36)23(29)37)12-8-5-9-13-28)34(17-19)25(39)27(3,30)15-18-10-6-4-7-11-18/h16,18-20,40H,4-15,17,30H2,1-3H3,(H2,29,37)(H,32,38)/t19-,20-,27?/m0/s1. The highest BCUT2D eigenvalue weighted by atomic mass is 16.3. The minimum Gasteiger partial charge on any atom is -0.384 e. The van der Waals surface area contributed by atoms with E-state index in [1.165, 1.54) is 17.5 Å². The van der Waals surface area contributed by atoms with Crippen LogP contribution in [0.2, 0.25) is 0 Å². The molecule has 40 heavy (non-hydrogen) atoms. The predicted molar refractivity (Wildman–Crippen MR) is 146 cm³/mol. The maximum atomic E-state index is 14.1. The van der Waals surface area contributed by atoms with Crippen molar-refractivity contribution in [3.8, 4) is 0 Å². The minimum absolute atomic E-state index is 0.136. The van der Waals surface area contributed by atoms with Crippen molar-refractivity contribution in [1.82, 2.24) is 25.2 Å². The number of hydrogen-bond acceptors (Lipinski definition) is 8. The van der Waals surface area contributed by atoms with Crippen LogP contribution in [0.3, 0.4) is 0 Å². The molecule has 6 N–H and O–H groups in total. The number of aliphatic hydroxyl groups is 1. The number of aromatic nitrogens is 3. The van der Waals surface area contributed by atoms with Gasteiger partial charge in [0.2, 0.25) is 17.6 Å². The number of nitrogens with two attached hydrogens (primary N) is 2. The molecule has 12 heteroatoms. The van der Waals surface area contributed by atoms with Crippen LogP contribution in [0.5, 0.6) is 0 Å². The lowest BCUT2D eigenvalue weighted by Gasteiger charge is -2.39. The third-order valence-electron chi connectivity index (χ3n) is 9.04. The number of primary amides is 1. The number of nitrogens with zero attached hydrogens (tertiary/aromatic N) is 4. The summed E-state index contributed by atoms with van der Waals surface area (Å²) >= 11 is 0. The summed E-state index contributed by atoms with van der Waals surface area (Å²) < 4.78 is 1.56. The Balaban J connectivity index is 1.64. The zero-order valence-electron chi connectivity index (χ0n) is 24.0. The van der Waals surface area contributed by atoms with Crippen LogP contribution in [0.1, 0.15) is 110 Å². The third kappa shape index (κ3) is 6.22. The monoisotopic (exact) mass is 559 g/mol. The van der Waals surface area contributed by atoms with E-state index in [9.17, 15) is 24.3 Å².